The fourth-order valence-corrected chi connectivity index (χ4v) is 4.09. The van der Waals surface area contributed by atoms with Gasteiger partial charge in [-0.15, -0.1) is 11.3 Å². The number of nitrogen functional groups attached to an aromatic ring is 1. The van der Waals surface area contributed by atoms with Gasteiger partial charge in [-0.25, -0.2) is 13.4 Å². The van der Waals surface area contributed by atoms with Crippen molar-refractivity contribution in [3.05, 3.63) is 39.3 Å². The van der Waals surface area contributed by atoms with Crippen molar-refractivity contribution in [2.45, 2.75) is 18.4 Å². The van der Waals surface area contributed by atoms with Crippen molar-refractivity contribution in [3.63, 3.8) is 0 Å². The highest BCUT2D eigenvalue weighted by Gasteiger charge is 2.24. The zero-order chi connectivity index (χ0) is 14.9. The number of aryl methyl sites for hydroxylation is 1. The van der Waals surface area contributed by atoms with E-state index in [-0.39, 0.29) is 17.1 Å². The molecule has 2 rings (SSSR count). The smallest absolute Gasteiger partial charge is 0.245 e. The maximum absolute atomic E-state index is 12.5. The number of sulfonamides is 1. The number of hydrogen-bond donors (Lipinski definition) is 1. The van der Waals surface area contributed by atoms with Crippen LogP contribution in [-0.4, -0.2) is 24.8 Å². The SMILES string of the molecule is Cc1ncsc1CN(C)S(=O)(=O)c1cc(Cl)ccc1N. The number of anilines is 1. The molecule has 1 aromatic heterocycles. The summed E-state index contributed by atoms with van der Waals surface area (Å²) in [7, 11) is -2.17. The molecule has 0 amide bonds. The Kier molecular flexibility index (Phi) is 4.33. The maximum atomic E-state index is 12.5. The Morgan fingerprint density at radius 3 is 2.75 bits per heavy atom. The fraction of sp³-hybridized carbons (Fsp3) is 0.250. The minimum absolute atomic E-state index is 0.0228. The summed E-state index contributed by atoms with van der Waals surface area (Å²) in [6.45, 7) is 2.10. The van der Waals surface area contributed by atoms with Gasteiger partial charge in [-0.3, -0.25) is 0 Å². The number of rotatable bonds is 4. The van der Waals surface area contributed by atoms with E-state index in [4.69, 9.17) is 17.3 Å². The molecular formula is C12H14ClN3O2S2. The predicted octanol–water partition coefficient (Wildman–Crippen LogP) is 2.51. The molecule has 0 spiro atoms. The summed E-state index contributed by atoms with van der Waals surface area (Å²) < 4.78 is 26.3. The van der Waals surface area contributed by atoms with Crippen molar-refractivity contribution in [3.8, 4) is 0 Å². The summed E-state index contributed by atoms with van der Waals surface area (Å²) in [4.78, 5) is 5.03. The topological polar surface area (TPSA) is 76.3 Å². The van der Waals surface area contributed by atoms with Crippen molar-refractivity contribution >= 4 is 38.6 Å². The van der Waals surface area contributed by atoms with E-state index in [0.717, 1.165) is 10.6 Å². The standard InChI is InChI=1S/C12H14ClN3O2S2/c1-8-11(19-7-15-8)6-16(2)20(17,18)12-5-9(13)3-4-10(12)14/h3-5,7H,6,14H2,1-2H3. The predicted molar refractivity (Wildman–Crippen MR) is 81.4 cm³/mol. The minimum atomic E-state index is -3.68. The van der Waals surface area contributed by atoms with Crippen LogP contribution in [0.2, 0.25) is 5.02 Å². The molecule has 0 bridgehead atoms. The van der Waals surface area contributed by atoms with Crippen molar-refractivity contribution < 1.29 is 8.42 Å². The lowest BCUT2D eigenvalue weighted by atomic mass is 10.3. The molecule has 0 saturated carbocycles. The molecule has 0 aliphatic carbocycles. The molecular weight excluding hydrogens is 318 g/mol. The van der Waals surface area contributed by atoms with Gasteiger partial charge in [0.1, 0.15) is 4.90 Å². The van der Waals surface area contributed by atoms with Gasteiger partial charge < -0.3 is 5.73 Å². The normalized spacial score (nSPS) is 12.0. The van der Waals surface area contributed by atoms with Crippen LogP contribution in [0.5, 0.6) is 0 Å². The average molecular weight is 332 g/mol. The second-order valence-corrected chi connectivity index (χ2v) is 7.69. The van der Waals surface area contributed by atoms with E-state index in [9.17, 15) is 8.42 Å². The quantitative estimate of drug-likeness (QED) is 0.873. The Morgan fingerprint density at radius 2 is 2.15 bits per heavy atom. The van der Waals surface area contributed by atoms with Crippen molar-refractivity contribution in [1.82, 2.24) is 9.29 Å². The third-order valence-electron chi connectivity index (χ3n) is 2.87. The molecule has 20 heavy (non-hydrogen) atoms. The number of halogens is 1. The first-order chi connectivity index (χ1) is 9.32. The van der Waals surface area contributed by atoms with Crippen LogP contribution in [0.25, 0.3) is 0 Å². The Bertz CT molecular complexity index is 728. The second-order valence-electron chi connectivity index (χ2n) is 4.30. The van der Waals surface area contributed by atoms with E-state index in [1.54, 1.807) is 11.6 Å². The van der Waals surface area contributed by atoms with Crippen LogP contribution in [0.15, 0.2) is 28.6 Å². The Hall–Kier alpha value is -1.15. The van der Waals surface area contributed by atoms with Gasteiger partial charge >= 0.3 is 0 Å². The highest BCUT2D eigenvalue weighted by Crippen LogP contribution is 2.26. The zero-order valence-corrected chi connectivity index (χ0v) is 13.4. The fourth-order valence-electron chi connectivity index (χ4n) is 1.66. The molecule has 0 radical (unpaired) electrons. The lowest BCUT2D eigenvalue weighted by Crippen LogP contribution is -2.27. The van der Waals surface area contributed by atoms with Crippen LogP contribution >= 0.6 is 22.9 Å². The summed E-state index contributed by atoms with van der Waals surface area (Å²) >= 11 is 7.27. The Morgan fingerprint density at radius 1 is 1.45 bits per heavy atom. The molecule has 0 unspecified atom stereocenters. The molecule has 8 heteroatoms. The van der Waals surface area contributed by atoms with Crippen LogP contribution < -0.4 is 5.73 Å². The molecule has 2 aromatic rings. The van der Waals surface area contributed by atoms with Gasteiger partial charge in [0, 0.05) is 23.5 Å². The van der Waals surface area contributed by atoms with E-state index in [2.05, 4.69) is 4.98 Å². The lowest BCUT2D eigenvalue weighted by Gasteiger charge is -2.18. The monoisotopic (exact) mass is 331 g/mol. The molecule has 0 aliphatic heterocycles. The molecule has 0 saturated heterocycles. The summed E-state index contributed by atoms with van der Waals surface area (Å²) in [5.74, 6) is 0. The zero-order valence-electron chi connectivity index (χ0n) is 11.0. The van der Waals surface area contributed by atoms with Gasteiger partial charge in [0.2, 0.25) is 10.0 Å². The molecule has 0 fully saturated rings. The van der Waals surface area contributed by atoms with E-state index < -0.39 is 10.0 Å². The first-order valence-electron chi connectivity index (χ1n) is 5.72. The van der Waals surface area contributed by atoms with Crippen LogP contribution in [0, 0.1) is 6.92 Å². The van der Waals surface area contributed by atoms with E-state index in [1.165, 1.54) is 34.8 Å². The van der Waals surface area contributed by atoms with E-state index >= 15 is 0 Å². The highest BCUT2D eigenvalue weighted by molar-refractivity contribution is 7.89. The van der Waals surface area contributed by atoms with Crippen LogP contribution in [-0.2, 0) is 16.6 Å². The summed E-state index contributed by atoms with van der Waals surface area (Å²) in [5, 5.41) is 0.333. The third kappa shape index (κ3) is 2.95. The van der Waals surface area contributed by atoms with Crippen molar-refractivity contribution in [1.29, 1.82) is 0 Å². The first kappa shape index (κ1) is 15.2. The van der Waals surface area contributed by atoms with E-state index in [0.29, 0.717) is 5.02 Å². The molecule has 2 N–H and O–H groups in total. The number of thiazole rings is 1. The molecule has 1 aromatic carbocycles. The number of nitrogens with two attached hydrogens (primary N) is 1. The Labute approximate surface area is 127 Å². The van der Waals surface area contributed by atoms with Gasteiger partial charge in [-0.05, 0) is 25.1 Å². The molecule has 1 heterocycles. The molecule has 108 valence electrons. The largest absolute Gasteiger partial charge is 0.398 e. The van der Waals surface area contributed by atoms with Crippen LogP contribution in [0.3, 0.4) is 0 Å². The number of benzene rings is 1. The molecule has 0 atom stereocenters. The van der Waals surface area contributed by atoms with Crippen LogP contribution in [0.4, 0.5) is 5.69 Å². The summed E-state index contributed by atoms with van der Waals surface area (Å²) in [6.07, 6.45) is 0. The Balaban J connectivity index is 2.35. The second kappa shape index (κ2) is 5.69. The number of nitrogens with zero attached hydrogens (tertiary/aromatic N) is 2. The summed E-state index contributed by atoms with van der Waals surface area (Å²) in [5.41, 5.74) is 8.45. The van der Waals surface area contributed by atoms with Crippen molar-refractivity contribution in [2.24, 2.45) is 0 Å². The minimum Gasteiger partial charge on any atom is -0.398 e. The van der Waals surface area contributed by atoms with Gasteiger partial charge in [0.25, 0.3) is 0 Å². The number of hydrogen-bond acceptors (Lipinski definition) is 5. The van der Waals surface area contributed by atoms with Gasteiger partial charge in [-0.1, -0.05) is 11.6 Å². The van der Waals surface area contributed by atoms with Crippen LogP contribution in [0.1, 0.15) is 10.6 Å². The highest BCUT2D eigenvalue weighted by atomic mass is 35.5. The van der Waals surface area contributed by atoms with Crippen molar-refractivity contribution in [2.75, 3.05) is 12.8 Å². The lowest BCUT2D eigenvalue weighted by molar-refractivity contribution is 0.469. The third-order valence-corrected chi connectivity index (χ3v) is 5.89. The molecule has 5 nitrogen and oxygen atoms in total. The van der Waals surface area contributed by atoms with Gasteiger partial charge in [0.05, 0.1) is 16.9 Å². The van der Waals surface area contributed by atoms with Gasteiger partial charge in [0.15, 0.2) is 0 Å². The summed E-state index contributed by atoms with van der Waals surface area (Å²) in [6, 6.07) is 4.41. The van der Waals surface area contributed by atoms with E-state index in [1.807, 2.05) is 6.92 Å². The maximum Gasteiger partial charge on any atom is 0.245 e. The van der Waals surface area contributed by atoms with Gasteiger partial charge in [-0.2, -0.15) is 4.31 Å². The molecule has 0 aliphatic rings. The average Bonchev–Trinajstić information content (AvgIpc) is 2.78. The number of aromatic nitrogens is 1. The first-order valence-corrected chi connectivity index (χ1v) is 8.42.